The predicted octanol–water partition coefficient (Wildman–Crippen LogP) is 5.34. The van der Waals surface area contributed by atoms with E-state index in [0.29, 0.717) is 44.2 Å². The fourth-order valence-electron chi connectivity index (χ4n) is 4.13. The monoisotopic (exact) mass is 716 g/mol. The zero-order chi connectivity index (χ0) is 36.6. The van der Waals surface area contributed by atoms with Crippen LogP contribution in [0.1, 0.15) is 60.3 Å². The number of hydrogen-bond acceptors (Lipinski definition) is 9. The number of hydrogen-bond donors (Lipinski definition) is 7. The molecule has 0 unspecified atom stereocenters. The summed E-state index contributed by atoms with van der Waals surface area (Å²) in [5.41, 5.74) is 4.65. The second-order valence-electron chi connectivity index (χ2n) is 11.7. The van der Waals surface area contributed by atoms with Crippen LogP contribution in [0.15, 0.2) is 48.5 Å². The van der Waals surface area contributed by atoms with Crippen molar-refractivity contribution in [3.63, 3.8) is 0 Å². The summed E-state index contributed by atoms with van der Waals surface area (Å²) in [5, 5.41) is 54.0. The van der Waals surface area contributed by atoms with Gasteiger partial charge in [-0.05, 0) is 101 Å². The highest BCUT2D eigenvalue weighted by Crippen LogP contribution is 2.30. The number of benzene rings is 3. The number of anilines is 2. The first-order chi connectivity index (χ1) is 22.2. The van der Waals surface area contributed by atoms with Crippen LogP contribution < -0.4 is 21.5 Å². The summed E-state index contributed by atoms with van der Waals surface area (Å²) >= 11 is 18.0. The molecule has 0 aliphatic heterocycles. The Kier molecular flexibility index (Phi) is 13.6. The molecule has 0 fully saturated rings. The van der Waals surface area contributed by atoms with Crippen LogP contribution in [-0.4, -0.2) is 56.4 Å². The Labute approximate surface area is 293 Å². The lowest BCUT2D eigenvalue weighted by atomic mass is 9.97. The van der Waals surface area contributed by atoms with Crippen LogP contribution >= 0.6 is 34.8 Å². The van der Waals surface area contributed by atoms with Crippen LogP contribution in [-0.2, 0) is 9.59 Å². The Balaban J connectivity index is 0.000000365. The lowest BCUT2D eigenvalue weighted by Gasteiger charge is -2.30. The Bertz CT molecular complexity index is 1760. The standard InChI is InChI=1S/C20H20Cl2N4O3.C13H15ClN2O3/c1-11-15(9-6-13(10-23)16(11)22)24-17(20(2,3)29)19(28)26-25-18(27)12-4-7-14(21)8-5-12;1-7-9(5-4-8(6-15)10(7)14)16-11(12(17)18)13(2,3)19/h4-9,17,24,29H,1-3H3,(H,25,27)(H,26,28);4-5,11,16,19H,1-3H3,(H,17,18)/t17-;11-/m00/s1. The third-order valence-corrected chi connectivity index (χ3v) is 8.17. The lowest BCUT2D eigenvalue weighted by molar-refractivity contribution is -0.142. The Morgan fingerprint density at radius 1 is 0.708 bits per heavy atom. The van der Waals surface area contributed by atoms with Gasteiger partial charge in [-0.3, -0.25) is 20.4 Å². The largest absolute Gasteiger partial charge is 0.480 e. The van der Waals surface area contributed by atoms with Crippen LogP contribution in [0.2, 0.25) is 15.1 Å². The van der Waals surface area contributed by atoms with Gasteiger partial charge in [-0.25, -0.2) is 4.79 Å². The molecule has 0 radical (unpaired) electrons. The molecule has 15 heteroatoms. The van der Waals surface area contributed by atoms with E-state index in [2.05, 4.69) is 21.5 Å². The molecule has 0 saturated heterocycles. The van der Waals surface area contributed by atoms with Crippen LogP contribution in [0, 0.1) is 36.5 Å². The van der Waals surface area contributed by atoms with Gasteiger partial charge in [-0.2, -0.15) is 10.5 Å². The number of amides is 2. The maximum atomic E-state index is 12.6. The quantitative estimate of drug-likeness (QED) is 0.141. The number of carboxylic acids is 1. The molecule has 2 amide bonds. The molecular weight excluding hydrogens is 683 g/mol. The number of nitriles is 2. The Hall–Kier alpha value is -4.56. The second-order valence-corrected chi connectivity index (χ2v) is 12.9. The molecule has 0 spiro atoms. The fraction of sp³-hybridized carbons (Fsp3) is 0.303. The molecule has 254 valence electrons. The van der Waals surface area contributed by atoms with E-state index < -0.39 is 41.1 Å². The van der Waals surface area contributed by atoms with Crippen LogP contribution in [0.25, 0.3) is 0 Å². The highest BCUT2D eigenvalue weighted by atomic mass is 35.5. The molecule has 0 aromatic heterocycles. The molecule has 0 saturated carbocycles. The molecule has 3 aromatic rings. The van der Waals surface area contributed by atoms with E-state index in [1.54, 1.807) is 38.1 Å². The Morgan fingerprint density at radius 2 is 1.12 bits per heavy atom. The van der Waals surface area contributed by atoms with Gasteiger partial charge in [0.15, 0.2) is 6.04 Å². The van der Waals surface area contributed by atoms with Gasteiger partial charge < -0.3 is 26.0 Å². The second kappa shape index (κ2) is 16.5. The maximum absolute atomic E-state index is 12.6. The number of carbonyl (C=O) groups excluding carboxylic acids is 2. The SMILES string of the molecule is Cc1c(N[C@@H](C(=O)NNC(=O)c2ccc(Cl)cc2)C(C)(C)O)ccc(C#N)c1Cl.Cc1c(N[C@@H](C(=O)O)C(C)(C)O)ccc(C#N)c1Cl. The smallest absolute Gasteiger partial charge is 0.329 e. The fourth-order valence-corrected chi connectivity index (χ4v) is 4.67. The molecule has 7 N–H and O–H groups in total. The number of rotatable bonds is 9. The minimum atomic E-state index is -1.48. The normalized spacial score (nSPS) is 12.2. The number of aliphatic carboxylic acids is 1. The van der Waals surface area contributed by atoms with Gasteiger partial charge in [0.2, 0.25) is 0 Å². The molecule has 3 aromatic carbocycles. The van der Waals surface area contributed by atoms with Gasteiger partial charge in [0.05, 0.1) is 32.4 Å². The van der Waals surface area contributed by atoms with E-state index in [9.17, 15) is 24.6 Å². The number of hydrazine groups is 1. The van der Waals surface area contributed by atoms with Gasteiger partial charge in [-0.15, -0.1) is 0 Å². The third kappa shape index (κ3) is 10.5. The first-order valence-electron chi connectivity index (χ1n) is 14.2. The van der Waals surface area contributed by atoms with E-state index >= 15 is 0 Å². The van der Waals surface area contributed by atoms with E-state index in [4.69, 9.17) is 50.4 Å². The van der Waals surface area contributed by atoms with Crippen molar-refractivity contribution in [3.8, 4) is 12.1 Å². The molecular formula is C33H35Cl3N6O6. The van der Waals surface area contributed by atoms with Crippen molar-refractivity contribution in [2.24, 2.45) is 0 Å². The summed E-state index contributed by atoms with van der Waals surface area (Å²) in [6.07, 6.45) is 0. The summed E-state index contributed by atoms with van der Waals surface area (Å²) in [7, 11) is 0. The van der Waals surface area contributed by atoms with E-state index in [1.807, 2.05) is 12.1 Å². The minimum absolute atomic E-state index is 0.253. The number of nitrogens with zero attached hydrogens (tertiary/aromatic N) is 2. The first-order valence-corrected chi connectivity index (χ1v) is 15.3. The molecule has 12 nitrogen and oxygen atoms in total. The van der Waals surface area contributed by atoms with E-state index in [0.717, 1.165) is 0 Å². The van der Waals surface area contributed by atoms with E-state index in [-0.39, 0.29) is 10.0 Å². The lowest BCUT2D eigenvalue weighted by Crippen LogP contribution is -2.56. The van der Waals surface area contributed by atoms with Crippen molar-refractivity contribution in [1.29, 1.82) is 10.5 Å². The molecule has 3 rings (SSSR count). The van der Waals surface area contributed by atoms with Crippen molar-refractivity contribution in [1.82, 2.24) is 10.9 Å². The number of nitrogens with one attached hydrogen (secondary N) is 4. The van der Waals surface area contributed by atoms with Crippen molar-refractivity contribution in [2.75, 3.05) is 10.6 Å². The van der Waals surface area contributed by atoms with E-state index in [1.165, 1.54) is 52.0 Å². The Morgan fingerprint density at radius 3 is 1.50 bits per heavy atom. The highest BCUT2D eigenvalue weighted by Gasteiger charge is 2.35. The van der Waals surface area contributed by atoms with Crippen molar-refractivity contribution in [2.45, 2.75) is 64.8 Å². The summed E-state index contributed by atoms with van der Waals surface area (Å²) < 4.78 is 0. The molecule has 0 bridgehead atoms. The number of halogens is 3. The summed E-state index contributed by atoms with van der Waals surface area (Å²) in [5.74, 6) is -2.38. The van der Waals surface area contributed by atoms with Gasteiger partial charge in [0.25, 0.3) is 11.8 Å². The topological polar surface area (TPSA) is 208 Å². The third-order valence-electron chi connectivity index (χ3n) is 6.94. The van der Waals surface area contributed by atoms with Gasteiger partial charge >= 0.3 is 5.97 Å². The zero-order valence-corrected chi connectivity index (χ0v) is 29.1. The average Bonchev–Trinajstić information content (AvgIpc) is 3.00. The number of aliphatic hydroxyl groups is 2. The van der Waals surface area contributed by atoms with Gasteiger partial charge in [-0.1, -0.05) is 34.8 Å². The molecule has 48 heavy (non-hydrogen) atoms. The summed E-state index contributed by atoms with van der Waals surface area (Å²) in [6, 6.07) is 13.9. The molecule has 0 heterocycles. The zero-order valence-electron chi connectivity index (χ0n) is 26.9. The van der Waals surface area contributed by atoms with Crippen molar-refractivity contribution < 1.29 is 29.7 Å². The highest BCUT2D eigenvalue weighted by molar-refractivity contribution is 6.33. The molecule has 2 atom stereocenters. The van der Waals surface area contributed by atoms with Crippen LogP contribution in [0.3, 0.4) is 0 Å². The molecule has 0 aliphatic rings. The van der Waals surface area contributed by atoms with Crippen LogP contribution in [0.5, 0.6) is 0 Å². The summed E-state index contributed by atoms with van der Waals surface area (Å²) in [4.78, 5) is 36.0. The maximum Gasteiger partial charge on any atom is 0.329 e. The van der Waals surface area contributed by atoms with Gasteiger partial charge in [0, 0.05) is 22.0 Å². The van der Waals surface area contributed by atoms with Gasteiger partial charge in [0.1, 0.15) is 18.2 Å². The summed E-state index contributed by atoms with van der Waals surface area (Å²) in [6.45, 7) is 9.07. The molecule has 0 aliphatic carbocycles. The minimum Gasteiger partial charge on any atom is -0.480 e. The average molecular weight is 718 g/mol. The number of carbonyl (C=O) groups is 3. The first kappa shape index (κ1) is 39.6. The van der Waals surface area contributed by atoms with Crippen molar-refractivity contribution >= 4 is 64.0 Å². The predicted molar refractivity (Wildman–Crippen MR) is 184 cm³/mol. The van der Waals surface area contributed by atoms with Crippen molar-refractivity contribution in [3.05, 3.63) is 91.4 Å². The number of carboxylic acid groups (broad SMARTS) is 1. The van der Waals surface area contributed by atoms with Crippen LogP contribution in [0.4, 0.5) is 11.4 Å².